The zero-order valence-electron chi connectivity index (χ0n) is 19.9. The van der Waals surface area contributed by atoms with Crippen molar-refractivity contribution in [3.63, 3.8) is 0 Å². The van der Waals surface area contributed by atoms with E-state index in [0.717, 1.165) is 79.6 Å². The number of amides is 2. The van der Waals surface area contributed by atoms with Gasteiger partial charge in [0.2, 0.25) is 5.91 Å². The molecule has 7 heteroatoms. The fourth-order valence-corrected chi connectivity index (χ4v) is 5.52. The summed E-state index contributed by atoms with van der Waals surface area (Å²) in [6, 6.07) is 12.0. The Kier molecular flexibility index (Phi) is 6.04. The van der Waals surface area contributed by atoms with Crippen LogP contribution in [0.2, 0.25) is 0 Å². The number of nitrogens with two attached hydrogens (primary N) is 1. The van der Waals surface area contributed by atoms with Crippen molar-refractivity contribution in [2.24, 2.45) is 5.73 Å². The molecule has 0 radical (unpaired) electrons. The van der Waals surface area contributed by atoms with Gasteiger partial charge in [-0.3, -0.25) is 9.59 Å². The van der Waals surface area contributed by atoms with Crippen LogP contribution in [-0.4, -0.2) is 66.5 Å². The lowest BCUT2D eigenvalue weighted by atomic mass is 9.91. The lowest BCUT2D eigenvalue weighted by Gasteiger charge is -2.34. The molecule has 2 aromatic carbocycles. The normalized spacial score (nSPS) is 17.2. The third kappa shape index (κ3) is 4.05. The van der Waals surface area contributed by atoms with E-state index in [1.54, 1.807) is 18.1 Å². The highest BCUT2D eigenvalue weighted by Gasteiger charge is 2.27. The molecule has 3 aromatic rings. The first-order valence-electron chi connectivity index (χ1n) is 12.0. The number of carbonyl (C=O) groups excluding carboxylic acids is 2. The molecule has 7 nitrogen and oxygen atoms in total. The molecule has 2 aliphatic heterocycles. The number of primary amides is 1. The van der Waals surface area contributed by atoms with Gasteiger partial charge in [0, 0.05) is 62.1 Å². The zero-order valence-corrected chi connectivity index (χ0v) is 19.9. The van der Waals surface area contributed by atoms with Crippen molar-refractivity contribution in [1.82, 2.24) is 14.4 Å². The Morgan fingerprint density at radius 3 is 2.65 bits per heavy atom. The minimum atomic E-state index is -0.392. The summed E-state index contributed by atoms with van der Waals surface area (Å²) in [6.07, 6.45) is 5.99. The molecule has 2 aliphatic rings. The van der Waals surface area contributed by atoms with Crippen molar-refractivity contribution in [3.8, 4) is 5.75 Å². The van der Waals surface area contributed by atoms with E-state index in [0.29, 0.717) is 11.6 Å². The average molecular weight is 461 g/mol. The van der Waals surface area contributed by atoms with Crippen LogP contribution < -0.4 is 10.5 Å². The van der Waals surface area contributed by atoms with Crippen LogP contribution in [0.1, 0.15) is 50.7 Å². The monoisotopic (exact) mass is 460 g/mol. The molecule has 0 spiro atoms. The highest BCUT2D eigenvalue weighted by molar-refractivity contribution is 5.97. The second kappa shape index (κ2) is 9.14. The highest BCUT2D eigenvalue weighted by Crippen LogP contribution is 2.32. The van der Waals surface area contributed by atoms with E-state index in [1.807, 2.05) is 31.3 Å². The predicted molar refractivity (Wildman–Crippen MR) is 133 cm³/mol. The van der Waals surface area contributed by atoms with E-state index in [9.17, 15) is 9.59 Å². The van der Waals surface area contributed by atoms with Gasteiger partial charge in [0.1, 0.15) is 5.75 Å². The third-order valence-electron chi connectivity index (χ3n) is 7.52. The van der Waals surface area contributed by atoms with Crippen LogP contribution in [0.25, 0.3) is 10.9 Å². The van der Waals surface area contributed by atoms with Crippen LogP contribution in [0.4, 0.5) is 0 Å². The second-order valence-electron chi connectivity index (χ2n) is 9.43. The molecule has 1 fully saturated rings. The smallest absolute Gasteiger partial charge is 0.253 e. The Morgan fingerprint density at radius 2 is 1.91 bits per heavy atom. The summed E-state index contributed by atoms with van der Waals surface area (Å²) < 4.78 is 7.97. The number of likely N-dealkylation sites (tertiary alicyclic amines) is 1. The lowest BCUT2D eigenvalue weighted by molar-refractivity contribution is 0.0780. The largest absolute Gasteiger partial charge is 0.496 e. The topological polar surface area (TPSA) is 80.8 Å². The van der Waals surface area contributed by atoms with Crippen LogP contribution in [0.5, 0.6) is 5.75 Å². The number of ether oxygens (including phenoxy) is 1. The molecule has 1 aromatic heterocycles. The van der Waals surface area contributed by atoms with Crippen molar-refractivity contribution in [3.05, 3.63) is 64.8 Å². The van der Waals surface area contributed by atoms with Crippen molar-refractivity contribution in [2.45, 2.75) is 31.7 Å². The molecule has 3 heterocycles. The summed E-state index contributed by atoms with van der Waals surface area (Å²) in [6.45, 7) is 3.72. The number of nitrogens with zero attached hydrogens (tertiary/aromatic N) is 3. The molecular weight excluding hydrogens is 428 g/mol. The molecule has 0 unspecified atom stereocenters. The van der Waals surface area contributed by atoms with Crippen LogP contribution in [0.15, 0.2) is 42.6 Å². The number of hydrogen-bond donors (Lipinski definition) is 1. The molecular formula is C27H32N4O3. The molecule has 0 atom stereocenters. The number of fused-ring (bicyclic) bond motifs is 2. The highest BCUT2D eigenvalue weighted by atomic mass is 16.5. The Balaban J connectivity index is 1.27. The number of hydrogen-bond acceptors (Lipinski definition) is 4. The molecule has 2 amide bonds. The number of benzene rings is 2. The maximum atomic E-state index is 12.6. The Hall–Kier alpha value is -3.32. The van der Waals surface area contributed by atoms with Gasteiger partial charge in [0.25, 0.3) is 5.91 Å². The summed E-state index contributed by atoms with van der Waals surface area (Å²) in [5.74, 6) is 0.593. The quantitative estimate of drug-likeness (QED) is 0.612. The number of aromatic nitrogens is 1. The first-order valence-corrected chi connectivity index (χ1v) is 12.0. The summed E-state index contributed by atoms with van der Waals surface area (Å²) in [4.78, 5) is 28.6. The molecule has 2 N–H and O–H groups in total. The summed E-state index contributed by atoms with van der Waals surface area (Å²) >= 11 is 0. The van der Waals surface area contributed by atoms with Crippen molar-refractivity contribution < 1.29 is 14.3 Å². The van der Waals surface area contributed by atoms with Crippen molar-refractivity contribution >= 4 is 22.7 Å². The van der Waals surface area contributed by atoms with Gasteiger partial charge in [-0.25, -0.2) is 0 Å². The predicted octanol–water partition coefficient (Wildman–Crippen LogP) is 3.26. The maximum Gasteiger partial charge on any atom is 0.253 e. The Labute approximate surface area is 200 Å². The van der Waals surface area contributed by atoms with Gasteiger partial charge < -0.3 is 24.8 Å². The van der Waals surface area contributed by atoms with Crippen LogP contribution in [-0.2, 0) is 12.8 Å². The molecule has 0 saturated carbocycles. The van der Waals surface area contributed by atoms with E-state index in [4.69, 9.17) is 10.5 Å². The van der Waals surface area contributed by atoms with E-state index >= 15 is 0 Å². The molecule has 0 aliphatic carbocycles. The molecule has 0 bridgehead atoms. The fourth-order valence-electron chi connectivity index (χ4n) is 5.52. The third-order valence-corrected chi connectivity index (χ3v) is 7.52. The van der Waals surface area contributed by atoms with E-state index in [1.165, 1.54) is 5.56 Å². The first-order chi connectivity index (χ1) is 16.5. The van der Waals surface area contributed by atoms with Crippen LogP contribution in [0.3, 0.4) is 0 Å². The Morgan fingerprint density at radius 1 is 1.12 bits per heavy atom. The van der Waals surface area contributed by atoms with Gasteiger partial charge in [-0.15, -0.1) is 0 Å². The lowest BCUT2D eigenvalue weighted by Crippen LogP contribution is -2.37. The number of methoxy groups -OCH3 is 1. The number of carbonyl (C=O) groups is 2. The first kappa shape index (κ1) is 22.5. The van der Waals surface area contributed by atoms with Crippen molar-refractivity contribution in [1.29, 1.82) is 0 Å². The number of piperidine rings is 1. The molecule has 5 rings (SSSR count). The molecule has 1 saturated heterocycles. The van der Waals surface area contributed by atoms with Gasteiger partial charge in [-0.05, 0) is 72.5 Å². The summed E-state index contributed by atoms with van der Waals surface area (Å²) in [5.41, 5.74) is 10.3. The second-order valence-corrected chi connectivity index (χ2v) is 9.43. The van der Waals surface area contributed by atoms with Gasteiger partial charge in [-0.1, -0.05) is 6.07 Å². The Bertz CT molecular complexity index is 1240. The molecule has 178 valence electrons. The van der Waals surface area contributed by atoms with E-state index < -0.39 is 5.91 Å². The molecule has 34 heavy (non-hydrogen) atoms. The minimum absolute atomic E-state index is 0.101. The minimum Gasteiger partial charge on any atom is -0.496 e. The van der Waals surface area contributed by atoms with E-state index in [2.05, 4.69) is 21.7 Å². The SMILES string of the molecule is COc1ccc2c(c1CCN1CCC(n3ccc4ccc(C(N)=O)cc43)CC1)CCN(C)C2=O. The standard InChI is InChI=1S/C27H32N4O3/c1-29-12-10-21-22(25(34-2)6-5-23(21)27(29)33)11-15-30-13-8-20(9-14-30)31-16-7-18-3-4-19(26(28)32)17-24(18)31/h3-7,16-17,20H,8-15H2,1-2H3,(H2,28,32). The van der Waals surface area contributed by atoms with Gasteiger partial charge in [0.05, 0.1) is 7.11 Å². The number of rotatable bonds is 6. The van der Waals surface area contributed by atoms with Gasteiger partial charge in [-0.2, -0.15) is 0 Å². The van der Waals surface area contributed by atoms with Gasteiger partial charge in [0.15, 0.2) is 0 Å². The zero-order chi connectivity index (χ0) is 23.8. The van der Waals surface area contributed by atoms with Crippen LogP contribution in [0, 0.1) is 0 Å². The van der Waals surface area contributed by atoms with Gasteiger partial charge >= 0.3 is 0 Å². The van der Waals surface area contributed by atoms with Crippen LogP contribution >= 0.6 is 0 Å². The fraction of sp³-hybridized carbons (Fsp3) is 0.407. The average Bonchev–Trinajstić information content (AvgIpc) is 3.28. The van der Waals surface area contributed by atoms with E-state index in [-0.39, 0.29) is 5.91 Å². The number of likely N-dealkylation sites (N-methyl/N-ethyl adjacent to an activating group) is 1. The maximum absolute atomic E-state index is 12.6. The summed E-state index contributed by atoms with van der Waals surface area (Å²) in [7, 11) is 3.57. The summed E-state index contributed by atoms with van der Waals surface area (Å²) in [5, 5.41) is 1.13. The van der Waals surface area contributed by atoms with Crippen molar-refractivity contribution in [2.75, 3.05) is 40.3 Å².